The maximum Gasteiger partial charge on any atom is 0.0597 e. The van der Waals surface area contributed by atoms with Gasteiger partial charge in [-0.25, -0.2) is 0 Å². The molecule has 0 aromatic rings. The van der Waals surface area contributed by atoms with Crippen LogP contribution in [0.5, 0.6) is 0 Å². The lowest BCUT2D eigenvalue weighted by Crippen LogP contribution is -2.26. The van der Waals surface area contributed by atoms with Crippen molar-refractivity contribution in [2.45, 2.75) is 38.7 Å². The zero-order valence-electron chi connectivity index (χ0n) is 7.25. The van der Waals surface area contributed by atoms with Crippen molar-refractivity contribution in [3.8, 4) is 0 Å². The molecule has 0 amide bonds. The van der Waals surface area contributed by atoms with Crippen molar-refractivity contribution in [1.82, 2.24) is 0 Å². The summed E-state index contributed by atoms with van der Waals surface area (Å²) in [4.78, 5) is 0. The first kappa shape index (κ1) is 9.01. The van der Waals surface area contributed by atoms with Gasteiger partial charge in [0.1, 0.15) is 0 Å². The minimum absolute atomic E-state index is 0.265. The van der Waals surface area contributed by atoms with Gasteiger partial charge >= 0.3 is 0 Å². The molecule has 1 heterocycles. The summed E-state index contributed by atoms with van der Waals surface area (Å²) in [5.41, 5.74) is 0. The Morgan fingerprint density at radius 3 is 2.73 bits per heavy atom. The van der Waals surface area contributed by atoms with Crippen molar-refractivity contribution in [2.24, 2.45) is 5.92 Å². The largest absolute Gasteiger partial charge is 0.396 e. The second-order valence-corrected chi connectivity index (χ2v) is 3.32. The Kier molecular flexibility index (Phi) is 3.87. The second-order valence-electron chi connectivity index (χ2n) is 3.32. The van der Waals surface area contributed by atoms with E-state index in [4.69, 9.17) is 9.84 Å². The molecule has 1 aliphatic heterocycles. The van der Waals surface area contributed by atoms with Gasteiger partial charge in [-0.05, 0) is 25.2 Å². The summed E-state index contributed by atoms with van der Waals surface area (Å²) in [6.07, 6.45) is 4.80. The van der Waals surface area contributed by atoms with Crippen molar-refractivity contribution in [1.29, 1.82) is 0 Å². The molecular weight excluding hydrogens is 140 g/mol. The number of aliphatic hydroxyl groups excluding tert-OH is 1. The average Bonchev–Trinajstić information content (AvgIpc) is 2.07. The van der Waals surface area contributed by atoms with E-state index < -0.39 is 0 Å². The van der Waals surface area contributed by atoms with Gasteiger partial charge in [-0.15, -0.1) is 0 Å². The third-order valence-corrected chi connectivity index (χ3v) is 2.49. The number of hydrogen-bond acceptors (Lipinski definition) is 2. The third-order valence-electron chi connectivity index (χ3n) is 2.49. The van der Waals surface area contributed by atoms with Crippen LogP contribution in [0, 0.1) is 5.92 Å². The van der Waals surface area contributed by atoms with Gasteiger partial charge in [-0.3, -0.25) is 0 Å². The molecule has 0 radical (unpaired) electrons. The van der Waals surface area contributed by atoms with Gasteiger partial charge in [0.2, 0.25) is 0 Å². The molecule has 1 unspecified atom stereocenters. The number of aliphatic hydroxyl groups is 1. The van der Waals surface area contributed by atoms with Crippen LogP contribution in [0.1, 0.15) is 32.6 Å². The fourth-order valence-corrected chi connectivity index (χ4v) is 1.55. The highest BCUT2D eigenvalue weighted by molar-refractivity contribution is 4.68. The fraction of sp³-hybridized carbons (Fsp3) is 1.00. The zero-order valence-corrected chi connectivity index (χ0v) is 7.25. The van der Waals surface area contributed by atoms with E-state index in [1.807, 2.05) is 0 Å². The Morgan fingerprint density at radius 2 is 2.27 bits per heavy atom. The van der Waals surface area contributed by atoms with Crippen LogP contribution in [0.4, 0.5) is 0 Å². The van der Waals surface area contributed by atoms with Crippen molar-refractivity contribution in [3.63, 3.8) is 0 Å². The summed E-state index contributed by atoms with van der Waals surface area (Å²) in [6, 6.07) is 0. The summed E-state index contributed by atoms with van der Waals surface area (Å²) in [6.45, 7) is 3.38. The molecule has 1 aliphatic rings. The van der Waals surface area contributed by atoms with Gasteiger partial charge in [0.15, 0.2) is 0 Å². The molecule has 66 valence electrons. The Labute approximate surface area is 68.6 Å². The van der Waals surface area contributed by atoms with E-state index in [-0.39, 0.29) is 6.61 Å². The SMILES string of the molecule is CCC1CC[C@@H](CCO)OC1. The molecule has 1 saturated heterocycles. The van der Waals surface area contributed by atoms with E-state index >= 15 is 0 Å². The first-order valence-electron chi connectivity index (χ1n) is 4.59. The standard InChI is InChI=1S/C9H18O2/c1-2-8-3-4-9(5-6-10)11-7-8/h8-10H,2-7H2,1H3/t8?,9-/m0/s1. The van der Waals surface area contributed by atoms with Crippen LogP contribution in [-0.4, -0.2) is 24.4 Å². The van der Waals surface area contributed by atoms with Crippen molar-refractivity contribution in [2.75, 3.05) is 13.2 Å². The molecule has 2 heteroatoms. The number of ether oxygens (including phenoxy) is 1. The molecule has 1 fully saturated rings. The first-order chi connectivity index (χ1) is 5.36. The molecule has 1 N–H and O–H groups in total. The molecule has 0 aromatic carbocycles. The lowest BCUT2D eigenvalue weighted by atomic mass is 9.95. The normalized spacial score (nSPS) is 32.2. The number of hydrogen-bond donors (Lipinski definition) is 1. The Balaban J connectivity index is 2.14. The topological polar surface area (TPSA) is 29.5 Å². The average molecular weight is 158 g/mol. The highest BCUT2D eigenvalue weighted by Gasteiger charge is 2.19. The van der Waals surface area contributed by atoms with Crippen LogP contribution < -0.4 is 0 Å². The van der Waals surface area contributed by atoms with Gasteiger partial charge in [0.05, 0.1) is 6.10 Å². The lowest BCUT2D eigenvalue weighted by Gasteiger charge is -2.27. The van der Waals surface area contributed by atoms with Crippen LogP contribution in [0.3, 0.4) is 0 Å². The summed E-state index contributed by atoms with van der Waals surface area (Å²) in [7, 11) is 0. The summed E-state index contributed by atoms with van der Waals surface area (Å²) in [5, 5.41) is 8.66. The highest BCUT2D eigenvalue weighted by Crippen LogP contribution is 2.22. The van der Waals surface area contributed by atoms with Crippen LogP contribution in [0.25, 0.3) is 0 Å². The van der Waals surface area contributed by atoms with E-state index in [0.29, 0.717) is 6.10 Å². The maximum absolute atomic E-state index is 8.66. The van der Waals surface area contributed by atoms with Gasteiger partial charge in [-0.1, -0.05) is 13.3 Å². The first-order valence-corrected chi connectivity index (χ1v) is 4.59. The molecular formula is C9H18O2. The predicted octanol–water partition coefficient (Wildman–Crippen LogP) is 1.57. The predicted molar refractivity (Wildman–Crippen MR) is 44.5 cm³/mol. The Morgan fingerprint density at radius 1 is 1.45 bits per heavy atom. The second kappa shape index (κ2) is 4.73. The Bertz CT molecular complexity index is 95.7. The molecule has 0 bridgehead atoms. The van der Waals surface area contributed by atoms with Crippen LogP contribution in [0.15, 0.2) is 0 Å². The fourth-order valence-electron chi connectivity index (χ4n) is 1.55. The summed E-state index contributed by atoms with van der Waals surface area (Å²) in [5.74, 6) is 0.768. The van der Waals surface area contributed by atoms with Gasteiger partial charge in [0.25, 0.3) is 0 Å². The highest BCUT2D eigenvalue weighted by atomic mass is 16.5. The molecule has 0 spiro atoms. The Hall–Kier alpha value is -0.0800. The molecule has 0 aromatic heterocycles. The smallest absolute Gasteiger partial charge is 0.0597 e. The van der Waals surface area contributed by atoms with Crippen LogP contribution in [0.2, 0.25) is 0 Å². The van der Waals surface area contributed by atoms with Gasteiger partial charge in [-0.2, -0.15) is 0 Å². The summed E-state index contributed by atoms with van der Waals surface area (Å²) >= 11 is 0. The maximum atomic E-state index is 8.66. The van der Waals surface area contributed by atoms with E-state index in [1.54, 1.807) is 0 Å². The van der Waals surface area contributed by atoms with Crippen LogP contribution >= 0.6 is 0 Å². The lowest BCUT2D eigenvalue weighted by molar-refractivity contribution is -0.0272. The van der Waals surface area contributed by atoms with E-state index in [2.05, 4.69) is 6.92 Å². The minimum atomic E-state index is 0.265. The molecule has 0 aliphatic carbocycles. The van der Waals surface area contributed by atoms with E-state index in [1.165, 1.54) is 12.8 Å². The zero-order chi connectivity index (χ0) is 8.10. The third kappa shape index (κ3) is 2.80. The van der Waals surface area contributed by atoms with Crippen molar-refractivity contribution in [3.05, 3.63) is 0 Å². The van der Waals surface area contributed by atoms with Crippen molar-refractivity contribution >= 4 is 0 Å². The molecule has 2 atom stereocenters. The molecule has 2 nitrogen and oxygen atoms in total. The molecule has 1 rings (SSSR count). The molecule has 11 heavy (non-hydrogen) atoms. The van der Waals surface area contributed by atoms with Crippen molar-refractivity contribution < 1.29 is 9.84 Å². The van der Waals surface area contributed by atoms with E-state index in [9.17, 15) is 0 Å². The quantitative estimate of drug-likeness (QED) is 0.675. The number of rotatable bonds is 3. The van der Waals surface area contributed by atoms with Crippen LogP contribution in [-0.2, 0) is 4.74 Å². The summed E-state index contributed by atoms with van der Waals surface area (Å²) < 4.78 is 5.56. The van der Waals surface area contributed by atoms with Gasteiger partial charge in [0, 0.05) is 13.2 Å². The van der Waals surface area contributed by atoms with Gasteiger partial charge < -0.3 is 9.84 Å². The molecule has 0 saturated carbocycles. The van der Waals surface area contributed by atoms with E-state index in [0.717, 1.165) is 25.4 Å². The monoisotopic (exact) mass is 158 g/mol. The minimum Gasteiger partial charge on any atom is -0.396 e.